The molecule has 0 aliphatic carbocycles. The van der Waals surface area contributed by atoms with Gasteiger partial charge in [-0.15, -0.1) is 0 Å². The van der Waals surface area contributed by atoms with E-state index in [1.54, 1.807) is 0 Å². The summed E-state index contributed by atoms with van der Waals surface area (Å²) in [7, 11) is -2.07. The molecule has 0 aromatic carbocycles. The Morgan fingerprint density at radius 3 is 1.73 bits per heavy atom. The zero-order valence-electron chi connectivity index (χ0n) is 10.8. The minimum absolute atomic E-state index is 0.341. The SMILES string of the molecule is CCCC(CC(C)C)(CC(C)C)[P+](=O)O. The van der Waals surface area contributed by atoms with Gasteiger partial charge in [-0.2, -0.15) is 4.89 Å². The highest BCUT2D eigenvalue weighted by Crippen LogP contribution is 2.48. The summed E-state index contributed by atoms with van der Waals surface area (Å²) in [6, 6.07) is 0. The van der Waals surface area contributed by atoms with Crippen LogP contribution in [0.4, 0.5) is 0 Å². The van der Waals surface area contributed by atoms with Crippen LogP contribution >= 0.6 is 8.03 Å². The van der Waals surface area contributed by atoms with Crippen molar-refractivity contribution >= 4 is 8.03 Å². The molecule has 0 aliphatic rings. The van der Waals surface area contributed by atoms with E-state index in [0.717, 1.165) is 25.7 Å². The first-order chi connectivity index (χ1) is 6.84. The maximum absolute atomic E-state index is 11.6. The fourth-order valence-electron chi connectivity index (χ4n) is 2.52. The predicted octanol–water partition coefficient (Wildman–Crippen LogP) is 4.35. The van der Waals surface area contributed by atoms with Gasteiger partial charge in [0.2, 0.25) is 0 Å². The van der Waals surface area contributed by atoms with E-state index >= 15 is 0 Å². The Kier molecular flexibility index (Phi) is 6.63. The van der Waals surface area contributed by atoms with Crippen molar-refractivity contribution in [2.24, 2.45) is 11.8 Å². The second kappa shape index (κ2) is 6.60. The quantitative estimate of drug-likeness (QED) is 0.664. The van der Waals surface area contributed by atoms with E-state index in [1.165, 1.54) is 0 Å². The van der Waals surface area contributed by atoms with Gasteiger partial charge in [-0.25, -0.2) is 0 Å². The van der Waals surface area contributed by atoms with Gasteiger partial charge in [-0.1, -0.05) is 41.0 Å². The van der Waals surface area contributed by atoms with Crippen molar-refractivity contribution < 1.29 is 9.46 Å². The summed E-state index contributed by atoms with van der Waals surface area (Å²) in [4.78, 5) is 9.60. The maximum Gasteiger partial charge on any atom is 0.511 e. The van der Waals surface area contributed by atoms with Crippen molar-refractivity contribution in [3.63, 3.8) is 0 Å². The second-order valence-electron chi connectivity index (χ2n) is 5.44. The molecule has 0 aromatic heterocycles. The molecule has 1 N–H and O–H groups in total. The van der Waals surface area contributed by atoms with Crippen molar-refractivity contribution in [3.8, 4) is 0 Å². The molecule has 2 nitrogen and oxygen atoms in total. The summed E-state index contributed by atoms with van der Waals surface area (Å²) >= 11 is 0. The van der Waals surface area contributed by atoms with Crippen LogP contribution in [0.1, 0.15) is 60.3 Å². The van der Waals surface area contributed by atoms with E-state index in [2.05, 4.69) is 34.6 Å². The van der Waals surface area contributed by atoms with Crippen LogP contribution < -0.4 is 0 Å². The van der Waals surface area contributed by atoms with Gasteiger partial charge >= 0.3 is 8.03 Å². The van der Waals surface area contributed by atoms with E-state index < -0.39 is 8.03 Å². The first-order valence-electron chi connectivity index (χ1n) is 6.00. The fraction of sp³-hybridized carbons (Fsp3) is 1.00. The van der Waals surface area contributed by atoms with E-state index in [0.29, 0.717) is 11.8 Å². The molecule has 0 saturated carbocycles. The predicted molar refractivity (Wildman–Crippen MR) is 66.4 cm³/mol. The lowest BCUT2D eigenvalue weighted by Gasteiger charge is -2.25. The van der Waals surface area contributed by atoms with Crippen LogP contribution in [0.25, 0.3) is 0 Å². The summed E-state index contributed by atoms with van der Waals surface area (Å²) < 4.78 is 11.6. The molecule has 0 heterocycles. The molecule has 90 valence electrons. The Labute approximate surface area is 95.3 Å². The van der Waals surface area contributed by atoms with E-state index in [4.69, 9.17) is 0 Å². The zero-order valence-corrected chi connectivity index (χ0v) is 11.7. The lowest BCUT2D eigenvalue weighted by Crippen LogP contribution is -2.28. The molecule has 0 aromatic rings. The molecular weight excluding hydrogens is 207 g/mol. The third kappa shape index (κ3) is 5.08. The second-order valence-corrected chi connectivity index (χ2v) is 6.94. The third-order valence-electron chi connectivity index (χ3n) is 2.70. The Morgan fingerprint density at radius 2 is 1.53 bits per heavy atom. The van der Waals surface area contributed by atoms with Gasteiger partial charge in [0.15, 0.2) is 5.16 Å². The van der Waals surface area contributed by atoms with Crippen LogP contribution in [-0.4, -0.2) is 10.0 Å². The van der Waals surface area contributed by atoms with Gasteiger partial charge in [-0.05, 0) is 22.8 Å². The molecule has 0 aliphatic heterocycles. The molecule has 1 unspecified atom stereocenters. The smallest absolute Gasteiger partial charge is 0.160 e. The van der Waals surface area contributed by atoms with Gasteiger partial charge in [0, 0.05) is 12.8 Å². The van der Waals surface area contributed by atoms with Gasteiger partial charge in [-0.3, -0.25) is 0 Å². The molecule has 0 bridgehead atoms. The van der Waals surface area contributed by atoms with Crippen molar-refractivity contribution in [2.45, 2.75) is 65.5 Å². The van der Waals surface area contributed by atoms with Crippen LogP contribution in [-0.2, 0) is 4.57 Å². The normalized spacial score (nSPS) is 13.7. The molecule has 3 heteroatoms. The molecule has 0 fully saturated rings. The summed E-state index contributed by atoms with van der Waals surface area (Å²) in [5.41, 5.74) is 0. The Bertz CT molecular complexity index is 190. The van der Waals surface area contributed by atoms with Crippen LogP contribution in [0.5, 0.6) is 0 Å². The molecule has 0 radical (unpaired) electrons. The highest BCUT2D eigenvalue weighted by molar-refractivity contribution is 7.40. The topological polar surface area (TPSA) is 37.3 Å². The van der Waals surface area contributed by atoms with Crippen molar-refractivity contribution in [2.75, 3.05) is 0 Å². The highest BCUT2D eigenvalue weighted by Gasteiger charge is 2.48. The monoisotopic (exact) mass is 233 g/mol. The summed E-state index contributed by atoms with van der Waals surface area (Å²) in [5, 5.41) is -0.341. The average Bonchev–Trinajstić information content (AvgIpc) is 2.01. The minimum atomic E-state index is -2.07. The largest absolute Gasteiger partial charge is 0.511 e. The van der Waals surface area contributed by atoms with Gasteiger partial charge < -0.3 is 0 Å². The molecule has 0 rings (SSSR count). The molecule has 0 amide bonds. The fourth-order valence-corrected chi connectivity index (χ4v) is 3.98. The number of hydrogen-bond donors (Lipinski definition) is 1. The van der Waals surface area contributed by atoms with Gasteiger partial charge in [0.05, 0.1) is 0 Å². The average molecular weight is 233 g/mol. The van der Waals surface area contributed by atoms with Crippen molar-refractivity contribution in [3.05, 3.63) is 0 Å². The van der Waals surface area contributed by atoms with Crippen molar-refractivity contribution in [1.82, 2.24) is 0 Å². The third-order valence-corrected chi connectivity index (χ3v) is 4.10. The summed E-state index contributed by atoms with van der Waals surface area (Å²) in [6.45, 7) is 10.6. The molecule has 0 saturated heterocycles. The number of hydrogen-bond acceptors (Lipinski definition) is 1. The Hall–Kier alpha value is 0.0600. The van der Waals surface area contributed by atoms with Gasteiger partial charge in [0.1, 0.15) is 0 Å². The van der Waals surface area contributed by atoms with E-state index in [9.17, 15) is 9.46 Å². The first kappa shape index (κ1) is 15.1. The van der Waals surface area contributed by atoms with Crippen LogP contribution in [0.15, 0.2) is 0 Å². The van der Waals surface area contributed by atoms with Crippen LogP contribution in [0.3, 0.4) is 0 Å². The van der Waals surface area contributed by atoms with Crippen molar-refractivity contribution in [1.29, 1.82) is 0 Å². The van der Waals surface area contributed by atoms with Crippen LogP contribution in [0, 0.1) is 11.8 Å². The Morgan fingerprint density at radius 1 is 1.13 bits per heavy atom. The number of rotatable bonds is 7. The van der Waals surface area contributed by atoms with E-state index in [1.807, 2.05) is 0 Å². The highest BCUT2D eigenvalue weighted by atomic mass is 31.1. The standard InChI is InChI=1S/C12H25O2P/c1-6-7-12(15(13)14,8-10(2)3)9-11(4)5/h10-11H,6-9H2,1-5H3/p+1. The molecule has 15 heavy (non-hydrogen) atoms. The maximum atomic E-state index is 11.6. The van der Waals surface area contributed by atoms with Gasteiger partial charge in [0.25, 0.3) is 0 Å². The summed E-state index contributed by atoms with van der Waals surface area (Å²) in [6.07, 6.45) is 3.59. The first-order valence-corrected chi connectivity index (χ1v) is 7.21. The summed E-state index contributed by atoms with van der Waals surface area (Å²) in [5.74, 6) is 0.975. The van der Waals surface area contributed by atoms with E-state index in [-0.39, 0.29) is 5.16 Å². The molecule has 0 spiro atoms. The lowest BCUT2D eigenvalue weighted by atomic mass is 9.85. The lowest BCUT2D eigenvalue weighted by molar-refractivity contribution is 0.320. The van der Waals surface area contributed by atoms with Crippen LogP contribution in [0.2, 0.25) is 0 Å². The molecular formula is C12H26O2P+. The Balaban J connectivity index is 4.80. The minimum Gasteiger partial charge on any atom is -0.160 e. The molecule has 1 atom stereocenters. The zero-order chi connectivity index (χ0) is 12.1.